The monoisotopic (exact) mass is 399 g/mol. The van der Waals surface area contributed by atoms with Gasteiger partial charge in [0.05, 0.1) is 0 Å². The van der Waals surface area contributed by atoms with Gasteiger partial charge in [-0.05, 0) is 24.3 Å². The zero-order valence-corrected chi connectivity index (χ0v) is 15.6. The minimum Gasteiger partial charge on any atom is -0.422 e. The number of fused-ring (bicyclic) bond motifs is 1. The molecule has 0 atom stereocenters. The number of hydrogen-bond donors (Lipinski definition) is 0. The Morgan fingerprint density at radius 1 is 1.04 bits per heavy atom. The first-order valence-corrected chi connectivity index (χ1v) is 10.1. The van der Waals surface area contributed by atoms with Crippen LogP contribution in [0.1, 0.15) is 10.4 Å². The van der Waals surface area contributed by atoms with E-state index in [1.54, 1.807) is 30.3 Å². The summed E-state index contributed by atoms with van der Waals surface area (Å²) in [6.07, 6.45) is 2.80. The van der Waals surface area contributed by atoms with Crippen LogP contribution in [-0.2, 0) is 10.0 Å². The Hall–Kier alpha value is -3.04. The van der Waals surface area contributed by atoms with Crippen LogP contribution in [0.4, 0.5) is 0 Å². The molecule has 0 bridgehead atoms. The highest BCUT2D eigenvalue weighted by Crippen LogP contribution is 2.18. The van der Waals surface area contributed by atoms with Gasteiger partial charge in [-0.3, -0.25) is 9.78 Å². The number of benzene rings is 1. The van der Waals surface area contributed by atoms with Gasteiger partial charge in [-0.2, -0.15) is 4.31 Å². The molecule has 1 saturated heterocycles. The lowest BCUT2D eigenvalue weighted by atomic mass is 10.1. The van der Waals surface area contributed by atoms with Crippen molar-refractivity contribution in [1.82, 2.24) is 14.2 Å². The number of amides is 1. The number of hydrogen-bond acceptors (Lipinski definition) is 6. The van der Waals surface area contributed by atoms with E-state index in [-0.39, 0.29) is 36.6 Å². The summed E-state index contributed by atoms with van der Waals surface area (Å²) in [5, 5.41) is 0.656. The fraction of sp³-hybridized carbons (Fsp3) is 0.211. The molecule has 0 radical (unpaired) electrons. The number of nitrogens with zero attached hydrogens (tertiary/aromatic N) is 3. The van der Waals surface area contributed by atoms with Crippen LogP contribution in [0.25, 0.3) is 11.0 Å². The molecular formula is C19H17N3O5S. The molecule has 3 aromatic rings. The van der Waals surface area contributed by atoms with Gasteiger partial charge < -0.3 is 9.32 Å². The Morgan fingerprint density at radius 2 is 1.79 bits per heavy atom. The lowest BCUT2D eigenvalue weighted by Crippen LogP contribution is -2.51. The maximum atomic E-state index is 12.8. The summed E-state index contributed by atoms with van der Waals surface area (Å²) in [5.74, 6) is -0.460. The molecule has 0 saturated carbocycles. The van der Waals surface area contributed by atoms with E-state index in [0.717, 1.165) is 0 Å². The number of pyridine rings is 1. The van der Waals surface area contributed by atoms with Crippen molar-refractivity contribution in [3.05, 3.63) is 70.8 Å². The van der Waals surface area contributed by atoms with Crippen LogP contribution in [0.15, 0.2) is 69.0 Å². The zero-order valence-electron chi connectivity index (χ0n) is 14.8. The predicted molar refractivity (Wildman–Crippen MR) is 101 cm³/mol. The molecule has 0 unspecified atom stereocenters. The minimum atomic E-state index is -3.66. The van der Waals surface area contributed by atoms with Gasteiger partial charge in [0, 0.05) is 44.0 Å². The Balaban J connectivity index is 1.52. The second-order valence-electron chi connectivity index (χ2n) is 6.37. The largest absolute Gasteiger partial charge is 0.422 e. The molecule has 0 spiro atoms. The van der Waals surface area contributed by atoms with E-state index in [4.69, 9.17) is 4.42 Å². The summed E-state index contributed by atoms with van der Waals surface area (Å²) >= 11 is 0. The molecular weight excluding hydrogens is 382 g/mol. The van der Waals surface area contributed by atoms with Gasteiger partial charge in [0.2, 0.25) is 10.0 Å². The van der Waals surface area contributed by atoms with Gasteiger partial charge in [-0.1, -0.05) is 18.2 Å². The van der Waals surface area contributed by atoms with Crippen LogP contribution in [0, 0.1) is 0 Å². The third kappa shape index (κ3) is 3.30. The average molecular weight is 399 g/mol. The van der Waals surface area contributed by atoms with Crippen LogP contribution < -0.4 is 5.63 Å². The Kier molecular flexibility index (Phi) is 4.70. The van der Waals surface area contributed by atoms with E-state index in [9.17, 15) is 18.0 Å². The highest BCUT2D eigenvalue weighted by atomic mass is 32.2. The highest BCUT2D eigenvalue weighted by Gasteiger charge is 2.31. The first kappa shape index (κ1) is 18.3. The molecule has 1 amide bonds. The molecule has 0 N–H and O–H groups in total. The van der Waals surface area contributed by atoms with Crippen molar-refractivity contribution in [3.63, 3.8) is 0 Å². The third-order valence-electron chi connectivity index (χ3n) is 4.67. The van der Waals surface area contributed by atoms with Crippen molar-refractivity contribution < 1.29 is 17.6 Å². The van der Waals surface area contributed by atoms with Crippen molar-refractivity contribution >= 4 is 26.9 Å². The maximum Gasteiger partial charge on any atom is 0.349 e. The molecule has 8 nitrogen and oxygen atoms in total. The summed E-state index contributed by atoms with van der Waals surface area (Å²) in [6.45, 7) is 0.652. The summed E-state index contributed by atoms with van der Waals surface area (Å²) in [6, 6.07) is 11.5. The summed E-state index contributed by atoms with van der Waals surface area (Å²) < 4.78 is 31.8. The topological polar surface area (TPSA) is 101 Å². The van der Waals surface area contributed by atoms with Crippen molar-refractivity contribution in [2.75, 3.05) is 26.2 Å². The van der Waals surface area contributed by atoms with Crippen LogP contribution in [0.2, 0.25) is 0 Å². The Bertz CT molecular complexity index is 1180. The normalized spacial score (nSPS) is 15.6. The first-order chi connectivity index (χ1) is 13.5. The lowest BCUT2D eigenvalue weighted by molar-refractivity contribution is 0.0694. The fourth-order valence-electron chi connectivity index (χ4n) is 3.16. The number of piperazine rings is 1. The van der Waals surface area contributed by atoms with E-state index in [2.05, 4.69) is 4.98 Å². The molecule has 28 heavy (non-hydrogen) atoms. The summed E-state index contributed by atoms with van der Waals surface area (Å²) in [4.78, 5) is 30.4. The standard InChI is InChI=1S/C19H17N3O5S/c23-18(16-12-14-4-1-2-6-17(14)27-19(16)24)21-8-10-22(11-9-21)28(25,26)15-5-3-7-20-13-15/h1-7,12-13H,8-11H2. The molecule has 1 fully saturated rings. The van der Waals surface area contributed by atoms with Crippen LogP contribution in [-0.4, -0.2) is 54.7 Å². The van der Waals surface area contributed by atoms with Gasteiger partial charge in [0.15, 0.2) is 0 Å². The SMILES string of the molecule is O=C(c1cc2ccccc2oc1=O)N1CCN(S(=O)(=O)c2cccnc2)CC1. The smallest absolute Gasteiger partial charge is 0.349 e. The molecule has 1 aliphatic rings. The van der Waals surface area contributed by atoms with Crippen molar-refractivity contribution in [2.45, 2.75) is 4.90 Å². The van der Waals surface area contributed by atoms with E-state index in [1.165, 1.54) is 33.7 Å². The molecule has 2 aromatic heterocycles. The summed E-state index contributed by atoms with van der Waals surface area (Å²) in [5.41, 5.74) is -0.340. The number of carbonyl (C=O) groups is 1. The van der Waals surface area contributed by atoms with Crippen LogP contribution in [0.3, 0.4) is 0 Å². The first-order valence-electron chi connectivity index (χ1n) is 8.69. The van der Waals surface area contributed by atoms with Crippen molar-refractivity contribution in [2.24, 2.45) is 0 Å². The molecule has 1 aliphatic heterocycles. The van der Waals surface area contributed by atoms with Gasteiger partial charge in [0.25, 0.3) is 5.91 Å². The maximum absolute atomic E-state index is 12.8. The van der Waals surface area contributed by atoms with E-state index in [1.807, 2.05) is 0 Å². The zero-order chi connectivity index (χ0) is 19.7. The molecule has 9 heteroatoms. The van der Waals surface area contributed by atoms with E-state index in [0.29, 0.717) is 11.0 Å². The highest BCUT2D eigenvalue weighted by molar-refractivity contribution is 7.89. The minimum absolute atomic E-state index is 0.0535. The fourth-order valence-corrected chi connectivity index (χ4v) is 4.55. The number of sulfonamides is 1. The van der Waals surface area contributed by atoms with E-state index >= 15 is 0 Å². The van der Waals surface area contributed by atoms with Crippen molar-refractivity contribution in [3.8, 4) is 0 Å². The van der Waals surface area contributed by atoms with Crippen LogP contribution in [0.5, 0.6) is 0 Å². The second-order valence-corrected chi connectivity index (χ2v) is 8.31. The van der Waals surface area contributed by atoms with Gasteiger partial charge in [0.1, 0.15) is 16.0 Å². The molecule has 3 heterocycles. The summed E-state index contributed by atoms with van der Waals surface area (Å²) in [7, 11) is -3.66. The average Bonchev–Trinajstić information content (AvgIpc) is 2.73. The Morgan fingerprint density at radius 3 is 2.50 bits per heavy atom. The van der Waals surface area contributed by atoms with Gasteiger partial charge in [-0.25, -0.2) is 13.2 Å². The van der Waals surface area contributed by atoms with Gasteiger partial charge in [-0.15, -0.1) is 0 Å². The number of para-hydroxylation sites is 1. The lowest BCUT2D eigenvalue weighted by Gasteiger charge is -2.33. The van der Waals surface area contributed by atoms with Crippen molar-refractivity contribution in [1.29, 1.82) is 0 Å². The number of aromatic nitrogens is 1. The molecule has 1 aromatic carbocycles. The number of rotatable bonds is 3. The van der Waals surface area contributed by atoms with E-state index < -0.39 is 21.6 Å². The molecule has 4 rings (SSSR count). The predicted octanol–water partition coefficient (Wildman–Crippen LogP) is 1.33. The number of carbonyl (C=O) groups excluding carboxylic acids is 1. The van der Waals surface area contributed by atoms with Gasteiger partial charge >= 0.3 is 5.63 Å². The Labute approximate surface area is 161 Å². The third-order valence-corrected chi connectivity index (χ3v) is 6.55. The molecule has 0 aliphatic carbocycles. The molecule has 144 valence electrons. The second kappa shape index (κ2) is 7.17. The van der Waals surface area contributed by atoms with Crippen LogP contribution >= 0.6 is 0 Å². The quantitative estimate of drug-likeness (QED) is 0.616.